The standard InChI is InChI=1S/C20H20O5S/c1-23-19(22)17(13-21)16-9-5-6-10-18(16)26-14-20(24-11-12-25-20)15-7-3-2-4-8-15/h2-10,13,21H,11-12,14H2,1H3/b17-13+. The van der Waals surface area contributed by atoms with Gasteiger partial charge in [0.25, 0.3) is 0 Å². The number of aliphatic hydroxyl groups excluding tert-OH is 1. The lowest BCUT2D eigenvalue weighted by atomic mass is 10.1. The van der Waals surface area contributed by atoms with E-state index < -0.39 is 11.8 Å². The Morgan fingerprint density at radius 2 is 1.81 bits per heavy atom. The van der Waals surface area contributed by atoms with E-state index in [1.165, 1.54) is 18.9 Å². The second kappa shape index (κ2) is 8.40. The van der Waals surface area contributed by atoms with Crippen LogP contribution < -0.4 is 0 Å². The quantitative estimate of drug-likeness (QED) is 0.361. The van der Waals surface area contributed by atoms with Crippen molar-refractivity contribution in [3.63, 3.8) is 0 Å². The maximum atomic E-state index is 11.9. The third kappa shape index (κ3) is 3.77. The van der Waals surface area contributed by atoms with Crippen molar-refractivity contribution >= 4 is 23.3 Å². The predicted molar refractivity (Wildman–Crippen MR) is 99.8 cm³/mol. The number of hydrogen-bond acceptors (Lipinski definition) is 6. The third-order valence-electron chi connectivity index (χ3n) is 4.10. The summed E-state index contributed by atoms with van der Waals surface area (Å²) in [6.45, 7) is 1.06. The summed E-state index contributed by atoms with van der Waals surface area (Å²) in [7, 11) is 1.28. The zero-order valence-electron chi connectivity index (χ0n) is 14.4. The van der Waals surface area contributed by atoms with Crippen molar-refractivity contribution in [1.29, 1.82) is 0 Å². The van der Waals surface area contributed by atoms with E-state index in [0.717, 1.165) is 16.7 Å². The van der Waals surface area contributed by atoms with Crippen LogP contribution in [-0.4, -0.2) is 37.2 Å². The molecule has 0 bridgehead atoms. The molecule has 1 heterocycles. The molecule has 1 fully saturated rings. The zero-order valence-corrected chi connectivity index (χ0v) is 15.2. The van der Waals surface area contributed by atoms with Crippen molar-refractivity contribution in [2.75, 3.05) is 26.1 Å². The van der Waals surface area contributed by atoms with Crippen LogP contribution in [0.15, 0.2) is 65.8 Å². The molecule has 0 saturated carbocycles. The van der Waals surface area contributed by atoms with Crippen molar-refractivity contribution in [3.8, 4) is 0 Å². The molecular weight excluding hydrogens is 352 g/mol. The third-order valence-corrected chi connectivity index (χ3v) is 5.29. The molecule has 0 radical (unpaired) electrons. The minimum absolute atomic E-state index is 0.109. The van der Waals surface area contributed by atoms with Gasteiger partial charge in [0.15, 0.2) is 0 Å². The number of ether oxygens (including phenoxy) is 3. The fourth-order valence-electron chi connectivity index (χ4n) is 2.81. The average Bonchev–Trinajstić information content (AvgIpc) is 3.18. The Balaban J connectivity index is 1.87. The smallest absolute Gasteiger partial charge is 0.341 e. The SMILES string of the molecule is COC(=O)/C(=C/O)c1ccccc1SCC1(c2ccccc2)OCCO1. The van der Waals surface area contributed by atoms with Gasteiger partial charge in [0.05, 0.1) is 32.3 Å². The molecule has 5 nitrogen and oxygen atoms in total. The number of esters is 1. The van der Waals surface area contributed by atoms with Gasteiger partial charge in [-0.2, -0.15) is 0 Å². The number of aliphatic hydroxyl groups is 1. The van der Waals surface area contributed by atoms with E-state index in [0.29, 0.717) is 24.5 Å². The molecule has 0 spiro atoms. The van der Waals surface area contributed by atoms with E-state index in [2.05, 4.69) is 0 Å². The lowest BCUT2D eigenvalue weighted by Gasteiger charge is -2.27. The van der Waals surface area contributed by atoms with E-state index in [1.807, 2.05) is 42.5 Å². The summed E-state index contributed by atoms with van der Waals surface area (Å²) in [6.07, 6.45) is 0.779. The average molecular weight is 372 g/mol. The monoisotopic (exact) mass is 372 g/mol. The van der Waals surface area contributed by atoms with E-state index in [9.17, 15) is 9.90 Å². The molecule has 136 valence electrons. The number of carbonyl (C=O) groups is 1. The summed E-state index contributed by atoms with van der Waals surface area (Å²) < 4.78 is 16.6. The van der Waals surface area contributed by atoms with Crippen LogP contribution in [0.3, 0.4) is 0 Å². The molecule has 1 aliphatic heterocycles. The molecule has 1 saturated heterocycles. The Hall–Kier alpha value is -2.28. The highest BCUT2D eigenvalue weighted by atomic mass is 32.2. The number of benzene rings is 2. The lowest BCUT2D eigenvalue weighted by molar-refractivity contribution is -0.145. The molecule has 1 aliphatic rings. The number of methoxy groups -OCH3 is 1. The summed E-state index contributed by atoms with van der Waals surface area (Å²) in [6, 6.07) is 17.1. The molecule has 26 heavy (non-hydrogen) atoms. The van der Waals surface area contributed by atoms with Crippen LogP contribution in [0, 0.1) is 0 Å². The molecular formula is C20H20O5S. The highest BCUT2D eigenvalue weighted by Gasteiger charge is 2.38. The van der Waals surface area contributed by atoms with Crippen LogP contribution in [0.2, 0.25) is 0 Å². The Labute approximate surface area is 156 Å². The van der Waals surface area contributed by atoms with Gasteiger partial charge in [-0.3, -0.25) is 0 Å². The Bertz CT molecular complexity index is 782. The van der Waals surface area contributed by atoms with Gasteiger partial charge in [-0.15, -0.1) is 11.8 Å². The lowest BCUT2D eigenvalue weighted by Crippen LogP contribution is -2.30. The fourth-order valence-corrected chi connectivity index (χ4v) is 4.00. The molecule has 0 atom stereocenters. The van der Waals surface area contributed by atoms with Gasteiger partial charge in [-0.1, -0.05) is 48.5 Å². The Morgan fingerprint density at radius 1 is 1.15 bits per heavy atom. The molecule has 0 aromatic heterocycles. The highest BCUT2D eigenvalue weighted by molar-refractivity contribution is 7.99. The van der Waals surface area contributed by atoms with Gasteiger partial charge >= 0.3 is 5.97 Å². The first-order valence-electron chi connectivity index (χ1n) is 8.18. The normalized spacial score (nSPS) is 16.4. The fraction of sp³-hybridized carbons (Fsp3) is 0.250. The molecule has 0 aliphatic carbocycles. The second-order valence-corrected chi connectivity index (χ2v) is 6.65. The summed E-state index contributed by atoms with van der Waals surface area (Å²) in [5.74, 6) is -0.909. The molecule has 2 aromatic carbocycles. The van der Waals surface area contributed by atoms with Gasteiger partial charge in [-0.05, 0) is 6.07 Å². The summed E-state index contributed by atoms with van der Waals surface area (Å²) in [4.78, 5) is 12.8. The first-order chi connectivity index (χ1) is 12.7. The Kier molecular flexibility index (Phi) is 5.98. The zero-order chi connectivity index (χ0) is 18.4. The van der Waals surface area contributed by atoms with Crippen molar-refractivity contribution in [2.24, 2.45) is 0 Å². The highest BCUT2D eigenvalue weighted by Crippen LogP contribution is 2.39. The Morgan fingerprint density at radius 3 is 2.46 bits per heavy atom. The van der Waals surface area contributed by atoms with Crippen molar-refractivity contribution < 1.29 is 24.1 Å². The van der Waals surface area contributed by atoms with E-state index in [-0.39, 0.29) is 5.57 Å². The second-order valence-electron chi connectivity index (χ2n) is 5.64. The van der Waals surface area contributed by atoms with Crippen LogP contribution in [0.25, 0.3) is 5.57 Å². The molecule has 1 N–H and O–H groups in total. The maximum absolute atomic E-state index is 11.9. The summed E-state index contributed by atoms with van der Waals surface area (Å²) >= 11 is 1.50. The van der Waals surface area contributed by atoms with Crippen molar-refractivity contribution in [3.05, 3.63) is 72.0 Å². The van der Waals surface area contributed by atoms with Gasteiger partial charge in [0.2, 0.25) is 5.79 Å². The number of carbonyl (C=O) groups excluding carboxylic acids is 1. The topological polar surface area (TPSA) is 65.0 Å². The first kappa shape index (κ1) is 18.5. The van der Waals surface area contributed by atoms with E-state index in [4.69, 9.17) is 14.2 Å². The number of hydrogen-bond donors (Lipinski definition) is 1. The van der Waals surface area contributed by atoms with Crippen LogP contribution in [0.5, 0.6) is 0 Å². The maximum Gasteiger partial charge on any atom is 0.341 e. The number of thioether (sulfide) groups is 1. The molecule has 3 rings (SSSR count). The van der Waals surface area contributed by atoms with Crippen LogP contribution in [-0.2, 0) is 24.8 Å². The molecule has 2 aromatic rings. The van der Waals surface area contributed by atoms with E-state index >= 15 is 0 Å². The minimum Gasteiger partial charge on any atom is -0.515 e. The largest absolute Gasteiger partial charge is 0.515 e. The van der Waals surface area contributed by atoms with Gasteiger partial charge in [0, 0.05) is 16.0 Å². The summed E-state index contributed by atoms with van der Waals surface area (Å²) in [5.41, 5.74) is 1.67. The number of rotatable bonds is 6. The van der Waals surface area contributed by atoms with Gasteiger partial charge in [-0.25, -0.2) is 4.79 Å². The minimum atomic E-state index is -0.826. The van der Waals surface area contributed by atoms with Gasteiger partial charge in [0.1, 0.15) is 5.57 Å². The summed E-state index contributed by atoms with van der Waals surface area (Å²) in [5, 5.41) is 9.49. The molecule has 6 heteroatoms. The first-order valence-corrected chi connectivity index (χ1v) is 9.17. The van der Waals surface area contributed by atoms with Crippen molar-refractivity contribution in [2.45, 2.75) is 10.7 Å². The predicted octanol–water partition coefficient (Wildman–Crippen LogP) is 3.75. The molecule has 0 amide bonds. The van der Waals surface area contributed by atoms with Crippen LogP contribution in [0.1, 0.15) is 11.1 Å². The molecule has 0 unspecified atom stereocenters. The van der Waals surface area contributed by atoms with Crippen molar-refractivity contribution in [1.82, 2.24) is 0 Å². The van der Waals surface area contributed by atoms with Crippen LogP contribution in [0.4, 0.5) is 0 Å². The van der Waals surface area contributed by atoms with Crippen LogP contribution >= 0.6 is 11.8 Å². The van der Waals surface area contributed by atoms with Gasteiger partial charge < -0.3 is 19.3 Å². The van der Waals surface area contributed by atoms with E-state index in [1.54, 1.807) is 12.1 Å².